The molecule has 4 heteroatoms. The maximum Gasteiger partial charge on any atom is 0.160 e. The smallest absolute Gasteiger partial charge is 0.160 e. The van der Waals surface area contributed by atoms with Crippen molar-refractivity contribution in [3.05, 3.63) is 0 Å². The second-order valence-electron chi connectivity index (χ2n) is 1.62. The number of hydrogen-bond acceptors (Lipinski definition) is 3. The number of aliphatic hydroxyl groups is 2. The Kier molecular flexibility index (Phi) is 7.17. The van der Waals surface area contributed by atoms with E-state index in [0.29, 0.717) is 12.7 Å². The standard InChI is InChI=1S/C5H10O3.H2O/c1-2-4(3-6)5(7)8;/h3-5,7-8H,2H2,1H3;1H2. The van der Waals surface area contributed by atoms with Crippen molar-refractivity contribution in [2.45, 2.75) is 19.6 Å². The van der Waals surface area contributed by atoms with Crippen molar-refractivity contribution in [3.8, 4) is 0 Å². The average Bonchev–Trinajstić information content (AvgIpc) is 1.69. The van der Waals surface area contributed by atoms with E-state index in [-0.39, 0.29) is 5.48 Å². The summed E-state index contributed by atoms with van der Waals surface area (Å²) in [4.78, 5) is 9.86. The van der Waals surface area contributed by atoms with Crippen molar-refractivity contribution >= 4 is 6.29 Å². The van der Waals surface area contributed by atoms with Crippen LogP contribution in [0.15, 0.2) is 0 Å². The van der Waals surface area contributed by atoms with Gasteiger partial charge in [-0.2, -0.15) is 0 Å². The van der Waals surface area contributed by atoms with Crippen LogP contribution >= 0.6 is 0 Å². The molecule has 4 N–H and O–H groups in total. The quantitative estimate of drug-likeness (QED) is 0.373. The Morgan fingerprint density at radius 2 is 2.00 bits per heavy atom. The topological polar surface area (TPSA) is 89.0 Å². The highest BCUT2D eigenvalue weighted by atomic mass is 16.5. The molecule has 0 radical (unpaired) electrons. The third kappa shape index (κ3) is 4.08. The SMILES string of the molecule is CCC(C=O)C(O)O.O. The lowest BCUT2D eigenvalue weighted by atomic mass is 10.1. The molecule has 0 rings (SSSR count). The highest BCUT2D eigenvalue weighted by Gasteiger charge is 2.11. The van der Waals surface area contributed by atoms with E-state index in [2.05, 4.69) is 0 Å². The maximum atomic E-state index is 9.86. The van der Waals surface area contributed by atoms with Gasteiger partial charge in [0.05, 0.1) is 5.92 Å². The molecule has 0 aromatic carbocycles. The summed E-state index contributed by atoms with van der Waals surface area (Å²) in [5, 5.41) is 16.7. The molecule has 0 aromatic rings. The zero-order valence-electron chi connectivity index (χ0n) is 5.24. The third-order valence-electron chi connectivity index (χ3n) is 1.03. The Bertz CT molecular complexity index is 71.4. The normalized spacial score (nSPS) is 12.4. The molecule has 4 nitrogen and oxygen atoms in total. The molecule has 56 valence electrons. The van der Waals surface area contributed by atoms with E-state index in [1.165, 1.54) is 0 Å². The number of carbonyl (C=O) groups is 1. The third-order valence-corrected chi connectivity index (χ3v) is 1.03. The van der Waals surface area contributed by atoms with Crippen molar-refractivity contribution < 1.29 is 20.5 Å². The van der Waals surface area contributed by atoms with E-state index in [1.54, 1.807) is 6.92 Å². The van der Waals surface area contributed by atoms with Crippen LogP contribution in [0.25, 0.3) is 0 Å². The summed E-state index contributed by atoms with van der Waals surface area (Å²) < 4.78 is 0. The minimum atomic E-state index is -1.49. The largest absolute Gasteiger partial charge is 0.412 e. The average molecular weight is 136 g/mol. The number of aldehydes is 1. The Labute approximate surface area is 53.4 Å². The van der Waals surface area contributed by atoms with Crippen LogP contribution in [-0.4, -0.2) is 28.3 Å². The second kappa shape index (κ2) is 5.68. The van der Waals surface area contributed by atoms with E-state index in [1.807, 2.05) is 0 Å². The van der Waals surface area contributed by atoms with Gasteiger partial charge in [-0.3, -0.25) is 0 Å². The molecule has 0 aliphatic carbocycles. The first-order valence-corrected chi connectivity index (χ1v) is 2.53. The molecule has 0 saturated carbocycles. The lowest BCUT2D eigenvalue weighted by molar-refractivity contribution is -0.128. The molecule has 0 fully saturated rings. The van der Waals surface area contributed by atoms with E-state index in [0.717, 1.165) is 0 Å². The van der Waals surface area contributed by atoms with Gasteiger partial charge in [0, 0.05) is 0 Å². The van der Waals surface area contributed by atoms with Gasteiger partial charge >= 0.3 is 0 Å². The van der Waals surface area contributed by atoms with Gasteiger partial charge in [0.1, 0.15) is 6.29 Å². The second-order valence-corrected chi connectivity index (χ2v) is 1.62. The van der Waals surface area contributed by atoms with E-state index < -0.39 is 12.2 Å². The molecule has 0 spiro atoms. The van der Waals surface area contributed by atoms with Crippen molar-refractivity contribution in [2.24, 2.45) is 5.92 Å². The highest BCUT2D eigenvalue weighted by Crippen LogP contribution is 2.00. The summed E-state index contributed by atoms with van der Waals surface area (Å²) in [6.07, 6.45) is -0.469. The van der Waals surface area contributed by atoms with Crippen molar-refractivity contribution in [3.63, 3.8) is 0 Å². The lowest BCUT2D eigenvalue weighted by Crippen LogP contribution is -2.19. The summed E-state index contributed by atoms with van der Waals surface area (Å²) in [6, 6.07) is 0. The molecule has 9 heavy (non-hydrogen) atoms. The van der Waals surface area contributed by atoms with Gasteiger partial charge in [-0.05, 0) is 6.42 Å². The van der Waals surface area contributed by atoms with Crippen LogP contribution in [0.2, 0.25) is 0 Å². The van der Waals surface area contributed by atoms with E-state index in [9.17, 15) is 4.79 Å². The van der Waals surface area contributed by atoms with Crippen LogP contribution in [0.1, 0.15) is 13.3 Å². The van der Waals surface area contributed by atoms with Crippen LogP contribution in [0.4, 0.5) is 0 Å². The predicted octanol–water partition coefficient (Wildman–Crippen LogP) is -1.30. The van der Waals surface area contributed by atoms with Gasteiger partial charge in [-0.25, -0.2) is 0 Å². The zero-order chi connectivity index (χ0) is 6.57. The molecule has 0 saturated heterocycles. The molecular weight excluding hydrogens is 124 g/mol. The fraction of sp³-hybridized carbons (Fsp3) is 0.800. The maximum absolute atomic E-state index is 9.86. The predicted molar refractivity (Wildman–Crippen MR) is 31.7 cm³/mol. The van der Waals surface area contributed by atoms with Gasteiger partial charge in [0.15, 0.2) is 6.29 Å². The Balaban J connectivity index is 0. The molecule has 0 bridgehead atoms. The first kappa shape index (κ1) is 11.4. The monoisotopic (exact) mass is 136 g/mol. The van der Waals surface area contributed by atoms with Crippen LogP contribution in [0.5, 0.6) is 0 Å². The summed E-state index contributed by atoms with van der Waals surface area (Å²) >= 11 is 0. The van der Waals surface area contributed by atoms with Gasteiger partial charge < -0.3 is 20.5 Å². The van der Waals surface area contributed by atoms with E-state index >= 15 is 0 Å². The number of hydrogen-bond donors (Lipinski definition) is 2. The summed E-state index contributed by atoms with van der Waals surface area (Å²) in [5.74, 6) is -0.616. The summed E-state index contributed by atoms with van der Waals surface area (Å²) in [6.45, 7) is 1.72. The van der Waals surface area contributed by atoms with Crippen LogP contribution in [0.3, 0.4) is 0 Å². The van der Waals surface area contributed by atoms with Gasteiger partial charge in [-0.1, -0.05) is 6.92 Å². The Morgan fingerprint density at radius 3 is 2.00 bits per heavy atom. The lowest BCUT2D eigenvalue weighted by Gasteiger charge is -2.07. The Morgan fingerprint density at radius 1 is 1.56 bits per heavy atom. The zero-order valence-corrected chi connectivity index (χ0v) is 5.24. The summed E-state index contributed by atoms with van der Waals surface area (Å²) in [7, 11) is 0. The summed E-state index contributed by atoms with van der Waals surface area (Å²) in [5.41, 5.74) is 0. The first-order valence-electron chi connectivity index (χ1n) is 2.53. The van der Waals surface area contributed by atoms with Gasteiger partial charge in [0.2, 0.25) is 0 Å². The fourth-order valence-corrected chi connectivity index (χ4v) is 0.377. The Hall–Kier alpha value is -0.450. The van der Waals surface area contributed by atoms with Crippen LogP contribution in [-0.2, 0) is 4.79 Å². The molecular formula is C5H12O4. The minimum absolute atomic E-state index is 0. The molecule has 0 aliphatic heterocycles. The fourth-order valence-electron chi connectivity index (χ4n) is 0.377. The van der Waals surface area contributed by atoms with Crippen LogP contribution in [0, 0.1) is 5.92 Å². The first-order chi connectivity index (χ1) is 3.72. The van der Waals surface area contributed by atoms with Crippen molar-refractivity contribution in [1.82, 2.24) is 0 Å². The number of aliphatic hydroxyl groups excluding tert-OH is 1. The number of carbonyl (C=O) groups excluding carboxylic acids is 1. The van der Waals surface area contributed by atoms with E-state index in [4.69, 9.17) is 10.2 Å². The van der Waals surface area contributed by atoms with Gasteiger partial charge in [0.25, 0.3) is 0 Å². The minimum Gasteiger partial charge on any atom is -0.412 e. The van der Waals surface area contributed by atoms with Crippen molar-refractivity contribution in [1.29, 1.82) is 0 Å². The van der Waals surface area contributed by atoms with Crippen molar-refractivity contribution in [2.75, 3.05) is 0 Å². The molecule has 0 heterocycles. The molecule has 1 unspecified atom stereocenters. The molecule has 0 aliphatic rings. The van der Waals surface area contributed by atoms with Gasteiger partial charge in [-0.15, -0.1) is 0 Å². The molecule has 1 atom stereocenters. The van der Waals surface area contributed by atoms with Crippen LogP contribution < -0.4 is 0 Å². The molecule has 0 amide bonds. The number of rotatable bonds is 3. The highest BCUT2D eigenvalue weighted by molar-refractivity contribution is 5.53. The molecule has 0 aromatic heterocycles.